The standard InChI is InChI=1S/C15H24O2/c1-6-9(2)14(16)17-13-11-8-7-10(3)12(13)15(11,4)5/h7,9,11-13H,6,8H2,1-5H3/t9?,11-,12+,13-/m0/s1. The van der Waals surface area contributed by atoms with Crippen LogP contribution in [0.5, 0.6) is 0 Å². The molecule has 1 fully saturated rings. The van der Waals surface area contributed by atoms with E-state index in [1.54, 1.807) is 0 Å². The van der Waals surface area contributed by atoms with Gasteiger partial charge in [0, 0.05) is 11.8 Å². The topological polar surface area (TPSA) is 26.3 Å². The number of hydrogen-bond donors (Lipinski definition) is 0. The lowest BCUT2D eigenvalue weighted by Gasteiger charge is -2.60. The lowest BCUT2D eigenvalue weighted by atomic mass is 9.47. The van der Waals surface area contributed by atoms with Gasteiger partial charge >= 0.3 is 5.97 Å². The molecule has 1 saturated carbocycles. The fraction of sp³-hybridized carbons (Fsp3) is 0.800. The Morgan fingerprint density at radius 2 is 2.24 bits per heavy atom. The molecular formula is C15H24O2. The maximum absolute atomic E-state index is 11.9. The zero-order chi connectivity index (χ0) is 12.8. The van der Waals surface area contributed by atoms with Crippen LogP contribution in [-0.2, 0) is 9.53 Å². The van der Waals surface area contributed by atoms with E-state index in [-0.39, 0.29) is 18.0 Å². The molecule has 17 heavy (non-hydrogen) atoms. The summed E-state index contributed by atoms with van der Waals surface area (Å²) in [6.45, 7) is 10.7. The van der Waals surface area contributed by atoms with E-state index in [1.807, 2.05) is 13.8 Å². The van der Waals surface area contributed by atoms with Gasteiger partial charge in [0.1, 0.15) is 6.10 Å². The van der Waals surface area contributed by atoms with Crippen LogP contribution in [0.3, 0.4) is 0 Å². The first kappa shape index (κ1) is 12.7. The summed E-state index contributed by atoms with van der Waals surface area (Å²) >= 11 is 0. The van der Waals surface area contributed by atoms with E-state index in [9.17, 15) is 4.79 Å². The van der Waals surface area contributed by atoms with E-state index in [4.69, 9.17) is 4.74 Å². The highest BCUT2D eigenvalue weighted by atomic mass is 16.5. The summed E-state index contributed by atoms with van der Waals surface area (Å²) in [5, 5.41) is 0. The Morgan fingerprint density at radius 1 is 1.59 bits per heavy atom. The number of rotatable bonds is 3. The molecule has 0 heterocycles. The highest BCUT2D eigenvalue weighted by molar-refractivity contribution is 5.72. The SMILES string of the molecule is CCC(C)C(=O)O[C@@H]1[C@H]2C(C)=CC[C@@H]1C2(C)C. The molecule has 0 N–H and O–H groups in total. The Labute approximate surface area is 104 Å². The molecule has 3 aliphatic rings. The summed E-state index contributed by atoms with van der Waals surface area (Å²) in [6.07, 6.45) is 4.37. The first-order valence-electron chi connectivity index (χ1n) is 6.76. The summed E-state index contributed by atoms with van der Waals surface area (Å²) < 4.78 is 5.73. The average molecular weight is 236 g/mol. The van der Waals surface area contributed by atoms with Crippen LogP contribution in [0.1, 0.15) is 47.5 Å². The van der Waals surface area contributed by atoms with Crippen molar-refractivity contribution in [2.75, 3.05) is 0 Å². The lowest BCUT2D eigenvalue weighted by Crippen LogP contribution is -2.61. The third-order valence-electron chi connectivity index (χ3n) is 4.93. The molecule has 2 heteroatoms. The van der Waals surface area contributed by atoms with E-state index < -0.39 is 0 Å². The monoisotopic (exact) mass is 236 g/mol. The Balaban J connectivity index is 2.07. The zero-order valence-electron chi connectivity index (χ0n) is 11.6. The maximum atomic E-state index is 11.9. The number of ether oxygens (including phenoxy) is 1. The van der Waals surface area contributed by atoms with E-state index in [0.29, 0.717) is 17.3 Å². The van der Waals surface area contributed by atoms with E-state index >= 15 is 0 Å². The first-order valence-corrected chi connectivity index (χ1v) is 6.76. The van der Waals surface area contributed by atoms with Crippen molar-refractivity contribution in [2.24, 2.45) is 23.2 Å². The zero-order valence-corrected chi connectivity index (χ0v) is 11.6. The smallest absolute Gasteiger partial charge is 0.308 e. The van der Waals surface area contributed by atoms with Gasteiger partial charge < -0.3 is 4.74 Å². The number of fused-ring (bicyclic) bond motifs is 1. The number of allylic oxidation sites excluding steroid dienone is 1. The van der Waals surface area contributed by atoms with Gasteiger partial charge in [-0.1, -0.05) is 39.3 Å². The van der Waals surface area contributed by atoms with Crippen molar-refractivity contribution in [3.63, 3.8) is 0 Å². The highest BCUT2D eigenvalue weighted by Gasteiger charge is 2.60. The Morgan fingerprint density at radius 3 is 2.71 bits per heavy atom. The second-order valence-corrected chi connectivity index (χ2v) is 6.30. The number of carbonyl (C=O) groups excluding carboxylic acids is 1. The highest BCUT2D eigenvalue weighted by Crippen LogP contribution is 2.60. The van der Waals surface area contributed by atoms with Crippen molar-refractivity contribution in [1.29, 1.82) is 0 Å². The van der Waals surface area contributed by atoms with Crippen LogP contribution in [0.15, 0.2) is 11.6 Å². The van der Waals surface area contributed by atoms with E-state index in [1.165, 1.54) is 5.57 Å². The normalized spacial score (nSPS) is 35.6. The molecule has 0 aromatic carbocycles. The molecule has 4 atom stereocenters. The summed E-state index contributed by atoms with van der Waals surface area (Å²) in [5.74, 6) is 0.972. The van der Waals surface area contributed by atoms with Crippen molar-refractivity contribution in [3.05, 3.63) is 11.6 Å². The van der Waals surface area contributed by atoms with Gasteiger partial charge in [0.25, 0.3) is 0 Å². The number of esters is 1. The first-order chi connectivity index (χ1) is 7.89. The molecule has 0 saturated heterocycles. The van der Waals surface area contributed by atoms with Crippen LogP contribution in [0.25, 0.3) is 0 Å². The van der Waals surface area contributed by atoms with Crippen molar-refractivity contribution >= 4 is 5.97 Å². The van der Waals surface area contributed by atoms with Crippen LogP contribution in [0.4, 0.5) is 0 Å². The molecule has 0 aromatic rings. The Kier molecular flexibility index (Phi) is 3.09. The summed E-state index contributed by atoms with van der Waals surface area (Å²) in [4.78, 5) is 11.9. The summed E-state index contributed by atoms with van der Waals surface area (Å²) in [5.41, 5.74) is 1.71. The van der Waals surface area contributed by atoms with Gasteiger partial charge in [0.05, 0.1) is 5.92 Å². The molecule has 1 unspecified atom stereocenters. The van der Waals surface area contributed by atoms with Gasteiger partial charge in [-0.2, -0.15) is 0 Å². The third kappa shape index (κ3) is 1.82. The Hall–Kier alpha value is -0.790. The largest absolute Gasteiger partial charge is 0.461 e. The minimum absolute atomic E-state index is 0.0160. The summed E-state index contributed by atoms with van der Waals surface area (Å²) in [7, 11) is 0. The predicted molar refractivity (Wildman–Crippen MR) is 68.5 cm³/mol. The van der Waals surface area contributed by atoms with Crippen molar-refractivity contribution in [3.8, 4) is 0 Å². The quantitative estimate of drug-likeness (QED) is 0.553. The second-order valence-electron chi connectivity index (χ2n) is 6.30. The van der Waals surface area contributed by atoms with E-state index in [0.717, 1.165) is 12.8 Å². The van der Waals surface area contributed by atoms with Gasteiger partial charge in [-0.3, -0.25) is 4.79 Å². The van der Waals surface area contributed by atoms with E-state index in [2.05, 4.69) is 26.8 Å². The van der Waals surface area contributed by atoms with Crippen molar-refractivity contribution < 1.29 is 9.53 Å². The molecule has 3 rings (SSSR count). The Bertz CT molecular complexity index is 354. The molecule has 2 bridgehead atoms. The van der Waals surface area contributed by atoms with Crippen LogP contribution >= 0.6 is 0 Å². The lowest BCUT2D eigenvalue weighted by molar-refractivity contribution is -0.195. The van der Waals surface area contributed by atoms with Crippen LogP contribution in [0.2, 0.25) is 0 Å². The van der Waals surface area contributed by atoms with Gasteiger partial charge in [-0.05, 0) is 25.2 Å². The van der Waals surface area contributed by atoms with Crippen LogP contribution in [0, 0.1) is 23.2 Å². The minimum Gasteiger partial charge on any atom is -0.461 e. The molecule has 0 aromatic heterocycles. The maximum Gasteiger partial charge on any atom is 0.308 e. The molecule has 2 nitrogen and oxygen atoms in total. The molecule has 96 valence electrons. The fourth-order valence-corrected chi connectivity index (χ4v) is 3.48. The number of hydrogen-bond acceptors (Lipinski definition) is 2. The molecule has 0 radical (unpaired) electrons. The van der Waals surface area contributed by atoms with Gasteiger partial charge in [0.15, 0.2) is 0 Å². The summed E-state index contributed by atoms with van der Waals surface area (Å²) in [6, 6.07) is 0. The predicted octanol–water partition coefficient (Wildman–Crippen LogP) is 3.57. The minimum atomic E-state index is -0.0160. The molecule has 3 aliphatic carbocycles. The van der Waals surface area contributed by atoms with Crippen molar-refractivity contribution in [1.82, 2.24) is 0 Å². The molecular weight excluding hydrogens is 212 g/mol. The average Bonchev–Trinajstić information content (AvgIpc) is 2.26. The van der Waals surface area contributed by atoms with Gasteiger partial charge in [-0.15, -0.1) is 0 Å². The molecule has 0 aliphatic heterocycles. The van der Waals surface area contributed by atoms with Gasteiger partial charge in [-0.25, -0.2) is 0 Å². The van der Waals surface area contributed by atoms with Crippen LogP contribution in [-0.4, -0.2) is 12.1 Å². The van der Waals surface area contributed by atoms with Crippen LogP contribution < -0.4 is 0 Å². The fourth-order valence-electron chi connectivity index (χ4n) is 3.48. The molecule has 0 spiro atoms. The van der Waals surface area contributed by atoms with Crippen molar-refractivity contribution in [2.45, 2.75) is 53.6 Å². The third-order valence-corrected chi connectivity index (χ3v) is 4.93. The molecule has 0 amide bonds. The number of carbonyl (C=O) groups is 1. The van der Waals surface area contributed by atoms with Gasteiger partial charge in [0.2, 0.25) is 0 Å². The second kappa shape index (κ2) is 4.15.